The minimum Gasteiger partial charge on any atom is -0.310 e. The quantitative estimate of drug-likeness (QED) is 0.849. The SMILES string of the molecule is CCNC1CCCCc2nc(C3CCCCC3)ncc21. The Bertz CT molecular complexity index is 438. The lowest BCUT2D eigenvalue weighted by atomic mass is 9.88. The highest BCUT2D eigenvalue weighted by Gasteiger charge is 2.23. The summed E-state index contributed by atoms with van der Waals surface area (Å²) in [5.41, 5.74) is 2.69. The van der Waals surface area contributed by atoms with Crippen molar-refractivity contribution < 1.29 is 0 Å². The molecule has 110 valence electrons. The minimum absolute atomic E-state index is 0.470. The van der Waals surface area contributed by atoms with E-state index in [-0.39, 0.29) is 0 Å². The summed E-state index contributed by atoms with van der Waals surface area (Å²) < 4.78 is 0. The van der Waals surface area contributed by atoms with Gasteiger partial charge in [0, 0.05) is 29.4 Å². The molecule has 1 atom stereocenters. The molecule has 3 nitrogen and oxygen atoms in total. The van der Waals surface area contributed by atoms with Crippen molar-refractivity contribution in [2.45, 2.75) is 76.7 Å². The third-order valence-corrected chi connectivity index (χ3v) is 4.87. The molecular weight excluding hydrogens is 246 g/mol. The fourth-order valence-electron chi connectivity index (χ4n) is 3.75. The number of hydrogen-bond donors (Lipinski definition) is 1. The predicted molar refractivity (Wildman–Crippen MR) is 81.8 cm³/mol. The maximum Gasteiger partial charge on any atom is 0.131 e. The van der Waals surface area contributed by atoms with Gasteiger partial charge in [-0.05, 0) is 38.6 Å². The Morgan fingerprint density at radius 2 is 1.90 bits per heavy atom. The summed E-state index contributed by atoms with van der Waals surface area (Å²) in [6.45, 7) is 3.20. The summed E-state index contributed by atoms with van der Waals surface area (Å²) in [6.07, 6.45) is 13.7. The van der Waals surface area contributed by atoms with Crippen LogP contribution in [0.25, 0.3) is 0 Å². The molecule has 2 aliphatic rings. The van der Waals surface area contributed by atoms with Gasteiger partial charge in [-0.2, -0.15) is 0 Å². The first kappa shape index (κ1) is 14.0. The largest absolute Gasteiger partial charge is 0.310 e. The van der Waals surface area contributed by atoms with E-state index in [1.807, 2.05) is 0 Å². The van der Waals surface area contributed by atoms with Crippen LogP contribution in [0, 0.1) is 0 Å². The van der Waals surface area contributed by atoms with E-state index >= 15 is 0 Å². The molecule has 3 heteroatoms. The zero-order chi connectivity index (χ0) is 13.8. The number of hydrogen-bond acceptors (Lipinski definition) is 3. The number of nitrogens with zero attached hydrogens (tertiary/aromatic N) is 2. The molecule has 1 saturated carbocycles. The monoisotopic (exact) mass is 273 g/mol. The van der Waals surface area contributed by atoms with E-state index in [2.05, 4.69) is 18.4 Å². The van der Waals surface area contributed by atoms with E-state index < -0.39 is 0 Å². The minimum atomic E-state index is 0.470. The molecule has 0 spiro atoms. The van der Waals surface area contributed by atoms with Crippen molar-refractivity contribution in [3.8, 4) is 0 Å². The second kappa shape index (κ2) is 6.66. The van der Waals surface area contributed by atoms with E-state index in [0.29, 0.717) is 12.0 Å². The summed E-state index contributed by atoms with van der Waals surface area (Å²) in [5.74, 6) is 1.75. The van der Waals surface area contributed by atoms with Gasteiger partial charge in [0.1, 0.15) is 5.82 Å². The molecular formula is C17H27N3. The van der Waals surface area contributed by atoms with Crippen molar-refractivity contribution in [1.82, 2.24) is 15.3 Å². The molecule has 20 heavy (non-hydrogen) atoms. The Kier molecular flexibility index (Phi) is 4.66. The molecule has 1 unspecified atom stereocenters. The Labute approximate surface area is 122 Å². The molecule has 1 aromatic rings. The Morgan fingerprint density at radius 1 is 1.10 bits per heavy atom. The highest BCUT2D eigenvalue weighted by molar-refractivity contribution is 5.24. The van der Waals surface area contributed by atoms with E-state index in [1.165, 1.54) is 62.6 Å². The highest BCUT2D eigenvalue weighted by Crippen LogP contribution is 2.33. The van der Waals surface area contributed by atoms with Crippen LogP contribution in [0.3, 0.4) is 0 Å². The number of fused-ring (bicyclic) bond motifs is 1. The summed E-state index contributed by atoms with van der Waals surface area (Å²) in [7, 11) is 0. The van der Waals surface area contributed by atoms with Crippen LogP contribution in [-0.4, -0.2) is 16.5 Å². The van der Waals surface area contributed by atoms with Gasteiger partial charge >= 0.3 is 0 Å². The second-order valence-electron chi connectivity index (χ2n) is 6.32. The summed E-state index contributed by atoms with van der Waals surface area (Å²) >= 11 is 0. The first-order chi connectivity index (χ1) is 9.88. The van der Waals surface area contributed by atoms with Crippen LogP contribution in [0.1, 0.15) is 87.3 Å². The molecule has 0 aromatic carbocycles. The van der Waals surface area contributed by atoms with Crippen molar-refractivity contribution in [3.63, 3.8) is 0 Å². The van der Waals surface area contributed by atoms with E-state index in [9.17, 15) is 0 Å². The van der Waals surface area contributed by atoms with Gasteiger partial charge in [0.2, 0.25) is 0 Å². The molecule has 0 amide bonds. The van der Waals surface area contributed by atoms with Crippen molar-refractivity contribution >= 4 is 0 Å². The number of nitrogens with one attached hydrogen (secondary N) is 1. The maximum absolute atomic E-state index is 4.98. The number of rotatable bonds is 3. The van der Waals surface area contributed by atoms with Crippen molar-refractivity contribution in [2.75, 3.05) is 6.54 Å². The van der Waals surface area contributed by atoms with Gasteiger partial charge in [-0.25, -0.2) is 9.97 Å². The van der Waals surface area contributed by atoms with Crippen molar-refractivity contribution in [2.24, 2.45) is 0 Å². The third kappa shape index (κ3) is 3.03. The first-order valence-corrected chi connectivity index (χ1v) is 8.47. The lowest BCUT2D eigenvalue weighted by molar-refractivity contribution is 0.426. The van der Waals surface area contributed by atoms with Gasteiger partial charge in [-0.3, -0.25) is 0 Å². The van der Waals surface area contributed by atoms with Crippen LogP contribution in [0.15, 0.2) is 6.20 Å². The van der Waals surface area contributed by atoms with Gasteiger partial charge in [0.25, 0.3) is 0 Å². The molecule has 1 fully saturated rings. The van der Waals surface area contributed by atoms with E-state index in [0.717, 1.165) is 18.8 Å². The smallest absolute Gasteiger partial charge is 0.131 e. The maximum atomic E-state index is 4.98. The molecule has 3 rings (SSSR count). The third-order valence-electron chi connectivity index (χ3n) is 4.87. The normalized spacial score (nSPS) is 24.1. The van der Waals surface area contributed by atoms with Gasteiger partial charge < -0.3 is 5.32 Å². The number of aryl methyl sites for hydroxylation is 1. The van der Waals surface area contributed by atoms with Crippen LogP contribution < -0.4 is 5.32 Å². The molecule has 0 radical (unpaired) electrons. The fourth-order valence-corrected chi connectivity index (χ4v) is 3.75. The molecule has 0 bridgehead atoms. The molecule has 1 aromatic heterocycles. The van der Waals surface area contributed by atoms with Crippen molar-refractivity contribution in [3.05, 3.63) is 23.3 Å². The lowest BCUT2D eigenvalue weighted by Gasteiger charge is -2.22. The van der Waals surface area contributed by atoms with Gasteiger partial charge in [0.05, 0.1) is 0 Å². The zero-order valence-electron chi connectivity index (χ0n) is 12.7. The zero-order valence-corrected chi connectivity index (χ0v) is 12.7. The summed E-state index contributed by atoms with van der Waals surface area (Å²) in [6, 6.07) is 0.470. The van der Waals surface area contributed by atoms with Crippen LogP contribution in [0.5, 0.6) is 0 Å². The van der Waals surface area contributed by atoms with Crippen LogP contribution in [0.4, 0.5) is 0 Å². The standard InChI is InChI=1S/C17H27N3/c1-2-18-15-10-6-7-11-16-14(15)12-19-17(20-16)13-8-4-3-5-9-13/h12-13,15,18H,2-11H2,1H3. The predicted octanol–water partition coefficient (Wildman–Crippen LogP) is 3.90. The van der Waals surface area contributed by atoms with Gasteiger partial charge in [0.15, 0.2) is 0 Å². The van der Waals surface area contributed by atoms with Gasteiger partial charge in [-0.15, -0.1) is 0 Å². The molecule has 1 heterocycles. The lowest BCUT2D eigenvalue weighted by Crippen LogP contribution is -2.22. The summed E-state index contributed by atoms with van der Waals surface area (Å²) in [4.78, 5) is 9.72. The van der Waals surface area contributed by atoms with Crippen LogP contribution in [0.2, 0.25) is 0 Å². The van der Waals surface area contributed by atoms with Crippen molar-refractivity contribution in [1.29, 1.82) is 0 Å². The average Bonchev–Trinajstić information content (AvgIpc) is 2.71. The molecule has 1 N–H and O–H groups in total. The Hall–Kier alpha value is -0.960. The fraction of sp³-hybridized carbons (Fsp3) is 0.765. The van der Waals surface area contributed by atoms with Crippen LogP contribution in [-0.2, 0) is 6.42 Å². The number of aromatic nitrogens is 2. The van der Waals surface area contributed by atoms with E-state index in [4.69, 9.17) is 9.97 Å². The average molecular weight is 273 g/mol. The highest BCUT2D eigenvalue weighted by atomic mass is 14.9. The molecule has 0 saturated heterocycles. The first-order valence-electron chi connectivity index (χ1n) is 8.47. The Balaban J connectivity index is 1.84. The topological polar surface area (TPSA) is 37.8 Å². The summed E-state index contributed by atoms with van der Waals surface area (Å²) in [5, 5.41) is 3.60. The van der Waals surface area contributed by atoms with E-state index in [1.54, 1.807) is 0 Å². The molecule has 2 aliphatic carbocycles. The van der Waals surface area contributed by atoms with Gasteiger partial charge in [-0.1, -0.05) is 32.6 Å². The second-order valence-corrected chi connectivity index (χ2v) is 6.32. The Morgan fingerprint density at radius 3 is 2.70 bits per heavy atom. The molecule has 0 aliphatic heterocycles. The van der Waals surface area contributed by atoms with Crippen LogP contribution >= 0.6 is 0 Å².